The number of carboxylic acids is 1. The van der Waals surface area contributed by atoms with E-state index in [9.17, 15) is 4.79 Å². The number of hydrogen-bond donors (Lipinski definition) is 1. The third-order valence-electron chi connectivity index (χ3n) is 4.07. The summed E-state index contributed by atoms with van der Waals surface area (Å²) >= 11 is 0. The van der Waals surface area contributed by atoms with Gasteiger partial charge in [0.15, 0.2) is 0 Å². The average Bonchev–Trinajstić information content (AvgIpc) is 2.76. The molecular weight excluding hydrogens is 354 g/mol. The summed E-state index contributed by atoms with van der Waals surface area (Å²) in [5.41, 5.74) is 3.71. The van der Waals surface area contributed by atoms with Crippen molar-refractivity contribution in [3.8, 4) is 11.1 Å². The van der Waals surface area contributed by atoms with Crippen molar-refractivity contribution in [1.82, 2.24) is 5.23 Å². The molecule has 3 aromatic rings. The third-order valence-corrected chi connectivity index (χ3v) is 4.07. The Balaban J connectivity index is 0.000000203. The van der Waals surface area contributed by atoms with E-state index in [4.69, 9.17) is 14.8 Å². The maximum atomic E-state index is 10.6. The SMILES string of the molecule is CON(CCc1ccccc1)OC.O=C(O)c1ccc(-c2ccccc2)cc1. The first-order valence-electron chi connectivity index (χ1n) is 8.92. The van der Waals surface area contributed by atoms with Gasteiger partial charge in [-0.2, -0.15) is 0 Å². The highest BCUT2D eigenvalue weighted by atomic mass is 16.9. The van der Waals surface area contributed by atoms with E-state index in [-0.39, 0.29) is 0 Å². The molecular formula is C23H25NO4. The van der Waals surface area contributed by atoms with Crippen LogP contribution < -0.4 is 0 Å². The van der Waals surface area contributed by atoms with Crippen LogP contribution in [0.2, 0.25) is 0 Å². The first-order valence-corrected chi connectivity index (χ1v) is 8.92. The van der Waals surface area contributed by atoms with Crippen molar-refractivity contribution in [3.05, 3.63) is 96.1 Å². The second-order valence-corrected chi connectivity index (χ2v) is 5.91. The number of carbonyl (C=O) groups is 1. The molecule has 0 aliphatic rings. The summed E-state index contributed by atoms with van der Waals surface area (Å²) in [6, 6.07) is 27.0. The van der Waals surface area contributed by atoms with Crippen LogP contribution in [0.3, 0.4) is 0 Å². The van der Waals surface area contributed by atoms with E-state index in [0.29, 0.717) is 5.56 Å². The number of rotatable bonds is 7. The summed E-state index contributed by atoms with van der Waals surface area (Å²) in [6.45, 7) is 0.733. The molecule has 0 unspecified atom stereocenters. The normalized spacial score (nSPS) is 10.2. The summed E-state index contributed by atoms with van der Waals surface area (Å²) in [4.78, 5) is 20.5. The van der Waals surface area contributed by atoms with Gasteiger partial charge in [-0.15, -0.1) is 0 Å². The van der Waals surface area contributed by atoms with Crippen LogP contribution in [-0.2, 0) is 16.1 Å². The van der Waals surface area contributed by atoms with Gasteiger partial charge < -0.3 is 5.11 Å². The molecule has 3 aromatic carbocycles. The number of hydrogen-bond acceptors (Lipinski definition) is 4. The standard InChI is InChI=1S/C13H10O2.C10H15NO2/c14-13(15)12-8-6-11(7-9-12)10-4-2-1-3-5-10;1-12-11(13-2)9-8-10-6-4-3-5-7-10/h1-9H,(H,14,15);3-7H,8-9H2,1-2H3. The van der Waals surface area contributed by atoms with Crippen molar-refractivity contribution in [1.29, 1.82) is 0 Å². The van der Waals surface area contributed by atoms with Gasteiger partial charge in [0.2, 0.25) is 0 Å². The van der Waals surface area contributed by atoms with E-state index >= 15 is 0 Å². The van der Waals surface area contributed by atoms with Crippen molar-refractivity contribution < 1.29 is 19.6 Å². The van der Waals surface area contributed by atoms with E-state index in [1.807, 2.05) is 60.7 Å². The topological polar surface area (TPSA) is 59.0 Å². The first-order chi connectivity index (χ1) is 13.6. The van der Waals surface area contributed by atoms with Gasteiger partial charge in [0.1, 0.15) is 0 Å². The van der Waals surface area contributed by atoms with Crippen LogP contribution >= 0.6 is 0 Å². The van der Waals surface area contributed by atoms with Crippen molar-refractivity contribution in [2.45, 2.75) is 6.42 Å². The van der Waals surface area contributed by atoms with E-state index in [1.54, 1.807) is 26.4 Å². The summed E-state index contributed by atoms with van der Waals surface area (Å²) in [7, 11) is 3.18. The molecule has 0 aliphatic heterocycles. The van der Waals surface area contributed by atoms with Crippen molar-refractivity contribution in [3.63, 3.8) is 0 Å². The van der Waals surface area contributed by atoms with Crippen LogP contribution in [-0.4, -0.2) is 37.1 Å². The monoisotopic (exact) mass is 379 g/mol. The molecule has 0 bridgehead atoms. The van der Waals surface area contributed by atoms with Crippen molar-refractivity contribution in [2.75, 3.05) is 20.8 Å². The lowest BCUT2D eigenvalue weighted by Crippen LogP contribution is -2.23. The molecule has 0 saturated carbocycles. The smallest absolute Gasteiger partial charge is 0.335 e. The summed E-state index contributed by atoms with van der Waals surface area (Å²) in [6.07, 6.45) is 0.919. The van der Waals surface area contributed by atoms with Gasteiger partial charge in [0.25, 0.3) is 0 Å². The summed E-state index contributed by atoms with van der Waals surface area (Å²) in [5, 5.41) is 10.2. The fourth-order valence-electron chi connectivity index (χ4n) is 2.56. The molecule has 5 heteroatoms. The van der Waals surface area contributed by atoms with Crippen LogP contribution in [0.15, 0.2) is 84.9 Å². The van der Waals surface area contributed by atoms with Gasteiger partial charge in [0.05, 0.1) is 26.3 Å². The zero-order valence-electron chi connectivity index (χ0n) is 16.1. The van der Waals surface area contributed by atoms with Crippen molar-refractivity contribution >= 4 is 5.97 Å². The summed E-state index contributed by atoms with van der Waals surface area (Å²) < 4.78 is 0. The van der Waals surface area contributed by atoms with Gasteiger partial charge in [-0.25, -0.2) is 4.79 Å². The minimum absolute atomic E-state index is 0.315. The lowest BCUT2D eigenvalue weighted by Gasteiger charge is -2.15. The zero-order chi connectivity index (χ0) is 20.2. The molecule has 0 amide bonds. The number of nitrogens with zero attached hydrogens (tertiary/aromatic N) is 1. The van der Waals surface area contributed by atoms with Gasteiger partial charge in [0, 0.05) is 0 Å². The molecule has 0 radical (unpaired) electrons. The third kappa shape index (κ3) is 6.96. The molecule has 3 rings (SSSR count). The molecule has 0 spiro atoms. The highest BCUT2D eigenvalue weighted by Gasteiger charge is 2.02. The van der Waals surface area contributed by atoms with Crippen molar-refractivity contribution in [2.24, 2.45) is 0 Å². The van der Waals surface area contributed by atoms with E-state index in [0.717, 1.165) is 24.1 Å². The summed E-state index contributed by atoms with van der Waals surface area (Å²) in [5.74, 6) is -0.894. The molecule has 0 saturated heterocycles. The highest BCUT2D eigenvalue weighted by molar-refractivity contribution is 5.88. The van der Waals surface area contributed by atoms with Crippen LogP contribution in [0.1, 0.15) is 15.9 Å². The minimum Gasteiger partial charge on any atom is -0.478 e. The number of benzene rings is 3. The van der Waals surface area contributed by atoms with Crippen LogP contribution in [0.25, 0.3) is 11.1 Å². The van der Waals surface area contributed by atoms with E-state index in [2.05, 4.69) is 12.1 Å². The lowest BCUT2D eigenvalue weighted by molar-refractivity contribution is -0.341. The lowest BCUT2D eigenvalue weighted by atomic mass is 10.0. The second kappa shape index (κ2) is 11.7. The van der Waals surface area contributed by atoms with Crippen LogP contribution in [0, 0.1) is 0 Å². The molecule has 5 nitrogen and oxygen atoms in total. The first kappa shape index (κ1) is 21.3. The fraction of sp³-hybridized carbons (Fsp3) is 0.174. The van der Waals surface area contributed by atoms with Gasteiger partial charge >= 0.3 is 5.97 Å². The maximum absolute atomic E-state index is 10.6. The molecule has 0 fully saturated rings. The predicted molar refractivity (Wildman–Crippen MR) is 110 cm³/mol. The Morgan fingerprint density at radius 3 is 1.79 bits per heavy atom. The van der Waals surface area contributed by atoms with Crippen LogP contribution in [0.5, 0.6) is 0 Å². The number of carboxylic acid groups (broad SMARTS) is 1. The molecule has 0 heterocycles. The Bertz CT molecular complexity index is 816. The van der Waals surface area contributed by atoms with Gasteiger partial charge in [-0.3, -0.25) is 9.68 Å². The van der Waals surface area contributed by atoms with Gasteiger partial charge in [-0.05, 0) is 35.2 Å². The Hall–Kier alpha value is -2.99. The van der Waals surface area contributed by atoms with E-state index in [1.165, 1.54) is 10.8 Å². The molecule has 0 atom stereocenters. The number of aromatic carboxylic acids is 1. The predicted octanol–water partition coefficient (Wildman–Crippen LogP) is 4.71. The molecule has 0 aliphatic carbocycles. The minimum atomic E-state index is -0.894. The Morgan fingerprint density at radius 2 is 1.29 bits per heavy atom. The maximum Gasteiger partial charge on any atom is 0.335 e. The van der Waals surface area contributed by atoms with Gasteiger partial charge in [-0.1, -0.05) is 78.0 Å². The Kier molecular flexibility index (Phi) is 8.88. The number of hydroxylamine groups is 2. The molecule has 28 heavy (non-hydrogen) atoms. The fourth-order valence-corrected chi connectivity index (χ4v) is 2.56. The van der Waals surface area contributed by atoms with Crippen LogP contribution in [0.4, 0.5) is 0 Å². The Morgan fingerprint density at radius 1 is 0.786 bits per heavy atom. The molecule has 146 valence electrons. The zero-order valence-corrected chi connectivity index (χ0v) is 16.1. The Labute approximate surface area is 165 Å². The van der Waals surface area contributed by atoms with E-state index < -0.39 is 5.97 Å². The highest BCUT2D eigenvalue weighted by Crippen LogP contribution is 2.19. The quantitative estimate of drug-likeness (QED) is 0.603. The molecule has 0 aromatic heterocycles. The molecule has 1 N–H and O–H groups in total. The second-order valence-electron chi connectivity index (χ2n) is 5.91. The largest absolute Gasteiger partial charge is 0.478 e. The average molecular weight is 379 g/mol.